The Morgan fingerprint density at radius 3 is 2.03 bits per heavy atom. The van der Waals surface area contributed by atoms with Crippen LogP contribution in [0.2, 0.25) is 0 Å². The summed E-state index contributed by atoms with van der Waals surface area (Å²) in [7, 11) is 1.58. The lowest BCUT2D eigenvalue weighted by Gasteiger charge is -2.08. The van der Waals surface area contributed by atoms with Crippen LogP contribution in [-0.4, -0.2) is 24.8 Å². The van der Waals surface area contributed by atoms with Gasteiger partial charge in [-0.05, 0) is 60.2 Å². The maximum atomic E-state index is 12.2. The Morgan fingerprint density at radius 2 is 1.39 bits per heavy atom. The Kier molecular flexibility index (Phi) is 7.16. The molecular weight excluding hydrogens is 394 g/mol. The van der Waals surface area contributed by atoms with Gasteiger partial charge in [0.2, 0.25) is 0 Å². The Labute approximate surface area is 179 Å². The molecule has 3 aromatic rings. The van der Waals surface area contributed by atoms with Crippen molar-refractivity contribution in [3.63, 3.8) is 0 Å². The van der Waals surface area contributed by atoms with Crippen LogP contribution in [0.1, 0.15) is 26.3 Å². The molecule has 0 aliphatic rings. The van der Waals surface area contributed by atoms with E-state index >= 15 is 0 Å². The molecule has 0 saturated heterocycles. The van der Waals surface area contributed by atoms with Crippen LogP contribution in [0.15, 0.2) is 84.9 Å². The zero-order chi connectivity index (χ0) is 22.1. The number of amides is 3. The van der Waals surface area contributed by atoms with E-state index in [9.17, 15) is 14.4 Å². The van der Waals surface area contributed by atoms with Crippen molar-refractivity contribution in [2.45, 2.75) is 0 Å². The number of carbonyl (C=O) groups excluding carboxylic acids is 3. The molecule has 0 radical (unpaired) electrons. The first-order valence-corrected chi connectivity index (χ1v) is 9.44. The van der Waals surface area contributed by atoms with Gasteiger partial charge in [-0.1, -0.05) is 30.3 Å². The second-order valence-corrected chi connectivity index (χ2v) is 6.45. The standard InChI is InChI=1S/C24H21N3O4/c1-31-21-14-7-17(8-15-21)9-16-22(28)26-27-24(30)19-10-12-20(13-11-19)25-23(29)18-5-3-2-4-6-18/h2-16H,1H3,(H,25,29)(H,26,28)(H,27,30). The van der Waals surface area contributed by atoms with Gasteiger partial charge in [0.25, 0.3) is 17.7 Å². The zero-order valence-corrected chi connectivity index (χ0v) is 16.8. The van der Waals surface area contributed by atoms with Gasteiger partial charge in [-0.15, -0.1) is 0 Å². The topological polar surface area (TPSA) is 96.5 Å². The van der Waals surface area contributed by atoms with Crippen molar-refractivity contribution < 1.29 is 19.1 Å². The molecule has 0 aromatic heterocycles. The predicted molar refractivity (Wildman–Crippen MR) is 118 cm³/mol. The van der Waals surface area contributed by atoms with Crippen LogP contribution in [0.25, 0.3) is 6.08 Å². The number of nitrogens with one attached hydrogen (secondary N) is 3. The lowest BCUT2D eigenvalue weighted by molar-refractivity contribution is -0.117. The minimum atomic E-state index is -0.480. The quantitative estimate of drug-likeness (QED) is 0.425. The van der Waals surface area contributed by atoms with Crippen LogP contribution < -0.4 is 20.9 Å². The van der Waals surface area contributed by atoms with Crippen molar-refractivity contribution in [1.82, 2.24) is 10.9 Å². The molecule has 0 unspecified atom stereocenters. The maximum absolute atomic E-state index is 12.2. The van der Waals surface area contributed by atoms with Gasteiger partial charge >= 0.3 is 0 Å². The highest BCUT2D eigenvalue weighted by Crippen LogP contribution is 2.13. The summed E-state index contributed by atoms with van der Waals surface area (Å²) >= 11 is 0. The van der Waals surface area contributed by atoms with Gasteiger partial charge in [-0.25, -0.2) is 0 Å². The van der Waals surface area contributed by atoms with E-state index in [1.807, 2.05) is 6.07 Å². The molecule has 7 heteroatoms. The summed E-state index contributed by atoms with van der Waals surface area (Å²) in [4.78, 5) is 36.3. The maximum Gasteiger partial charge on any atom is 0.269 e. The number of carbonyl (C=O) groups is 3. The van der Waals surface area contributed by atoms with Crippen LogP contribution >= 0.6 is 0 Å². The van der Waals surface area contributed by atoms with E-state index in [4.69, 9.17) is 4.74 Å². The average Bonchev–Trinajstić information content (AvgIpc) is 2.82. The summed E-state index contributed by atoms with van der Waals surface area (Å²) in [6, 6.07) is 22.3. The second kappa shape index (κ2) is 10.4. The van der Waals surface area contributed by atoms with Gasteiger partial charge in [0.15, 0.2) is 0 Å². The summed E-state index contributed by atoms with van der Waals surface area (Å²) < 4.78 is 5.08. The van der Waals surface area contributed by atoms with Crippen molar-refractivity contribution in [2.75, 3.05) is 12.4 Å². The number of anilines is 1. The Morgan fingerprint density at radius 1 is 0.742 bits per heavy atom. The molecule has 0 aliphatic carbocycles. The first kappa shape index (κ1) is 21.3. The smallest absolute Gasteiger partial charge is 0.269 e. The first-order valence-electron chi connectivity index (χ1n) is 9.44. The van der Waals surface area contributed by atoms with E-state index < -0.39 is 11.8 Å². The Balaban J connectivity index is 1.49. The molecule has 0 spiro atoms. The van der Waals surface area contributed by atoms with E-state index in [1.54, 1.807) is 86.0 Å². The number of hydrogen-bond donors (Lipinski definition) is 3. The highest BCUT2D eigenvalue weighted by atomic mass is 16.5. The highest BCUT2D eigenvalue weighted by Gasteiger charge is 2.08. The minimum Gasteiger partial charge on any atom is -0.497 e. The summed E-state index contributed by atoms with van der Waals surface area (Å²) in [6.07, 6.45) is 2.93. The molecule has 0 heterocycles. The number of rotatable bonds is 6. The average molecular weight is 415 g/mol. The van der Waals surface area contributed by atoms with Crippen molar-refractivity contribution in [3.8, 4) is 5.75 Å². The Bertz CT molecular complexity index is 1080. The number of methoxy groups -OCH3 is 1. The van der Waals surface area contributed by atoms with Crippen molar-refractivity contribution in [2.24, 2.45) is 0 Å². The van der Waals surface area contributed by atoms with Gasteiger partial charge in [-0.3, -0.25) is 25.2 Å². The molecule has 3 N–H and O–H groups in total. The molecule has 0 aliphatic heterocycles. The monoisotopic (exact) mass is 415 g/mol. The first-order chi connectivity index (χ1) is 15.0. The highest BCUT2D eigenvalue weighted by molar-refractivity contribution is 6.04. The fourth-order valence-corrected chi connectivity index (χ4v) is 2.62. The van der Waals surface area contributed by atoms with Crippen LogP contribution in [0, 0.1) is 0 Å². The van der Waals surface area contributed by atoms with Gasteiger partial charge in [0.05, 0.1) is 7.11 Å². The van der Waals surface area contributed by atoms with Crippen molar-refractivity contribution >= 4 is 29.5 Å². The molecule has 7 nitrogen and oxygen atoms in total. The molecule has 0 bridgehead atoms. The molecule has 31 heavy (non-hydrogen) atoms. The SMILES string of the molecule is COc1ccc(C=CC(=O)NNC(=O)c2ccc(NC(=O)c3ccccc3)cc2)cc1. The lowest BCUT2D eigenvalue weighted by atomic mass is 10.1. The van der Waals surface area contributed by atoms with Gasteiger partial charge in [-0.2, -0.15) is 0 Å². The molecule has 3 aromatic carbocycles. The number of hydrazine groups is 1. The van der Waals surface area contributed by atoms with E-state index in [0.717, 1.165) is 11.3 Å². The predicted octanol–water partition coefficient (Wildman–Crippen LogP) is 3.42. The fraction of sp³-hybridized carbons (Fsp3) is 0.0417. The summed E-state index contributed by atoms with van der Waals surface area (Å²) in [6.45, 7) is 0. The third kappa shape index (κ3) is 6.30. The second-order valence-electron chi connectivity index (χ2n) is 6.45. The lowest BCUT2D eigenvalue weighted by Crippen LogP contribution is -2.40. The van der Waals surface area contributed by atoms with Crippen molar-refractivity contribution in [1.29, 1.82) is 0 Å². The van der Waals surface area contributed by atoms with Gasteiger partial charge in [0.1, 0.15) is 5.75 Å². The van der Waals surface area contributed by atoms with Crippen molar-refractivity contribution in [3.05, 3.63) is 102 Å². The zero-order valence-electron chi connectivity index (χ0n) is 16.8. The number of ether oxygens (including phenoxy) is 1. The summed E-state index contributed by atoms with van der Waals surface area (Å²) in [5.74, 6) is -0.476. The van der Waals surface area contributed by atoms with Gasteiger partial charge < -0.3 is 10.1 Å². The molecule has 3 amide bonds. The summed E-state index contributed by atoms with van der Waals surface area (Å²) in [5.41, 5.74) is 6.90. The van der Waals surface area contributed by atoms with Crippen LogP contribution in [-0.2, 0) is 4.79 Å². The van der Waals surface area contributed by atoms with E-state index in [0.29, 0.717) is 16.8 Å². The number of benzene rings is 3. The molecule has 0 saturated carbocycles. The third-order valence-electron chi connectivity index (χ3n) is 4.28. The third-order valence-corrected chi connectivity index (χ3v) is 4.28. The molecule has 156 valence electrons. The normalized spacial score (nSPS) is 10.4. The fourth-order valence-electron chi connectivity index (χ4n) is 2.62. The van der Waals surface area contributed by atoms with Gasteiger partial charge in [0, 0.05) is 22.9 Å². The van der Waals surface area contributed by atoms with E-state index in [1.165, 1.54) is 6.08 Å². The van der Waals surface area contributed by atoms with Crippen LogP contribution in [0.4, 0.5) is 5.69 Å². The minimum absolute atomic E-state index is 0.242. The van der Waals surface area contributed by atoms with Crippen LogP contribution in [0.3, 0.4) is 0 Å². The van der Waals surface area contributed by atoms with E-state index in [2.05, 4.69) is 16.2 Å². The Hall–Kier alpha value is -4.39. The van der Waals surface area contributed by atoms with E-state index in [-0.39, 0.29) is 5.91 Å². The molecule has 3 rings (SSSR count). The molecular formula is C24H21N3O4. The summed E-state index contributed by atoms with van der Waals surface area (Å²) in [5, 5.41) is 2.76. The molecule has 0 fully saturated rings. The number of hydrogen-bond acceptors (Lipinski definition) is 4. The molecule has 0 atom stereocenters. The van der Waals surface area contributed by atoms with Crippen LogP contribution in [0.5, 0.6) is 5.75 Å². The largest absolute Gasteiger partial charge is 0.497 e.